The summed E-state index contributed by atoms with van der Waals surface area (Å²) in [7, 11) is 0. The first-order chi connectivity index (χ1) is 13.7. The zero-order valence-corrected chi connectivity index (χ0v) is 16.1. The fraction of sp³-hybridized carbons (Fsp3) is 0.136. The number of carbonyl (C=O) groups is 1. The van der Waals surface area contributed by atoms with E-state index in [4.69, 9.17) is 16.1 Å². The van der Waals surface area contributed by atoms with Gasteiger partial charge in [-0.15, -0.1) is 0 Å². The van der Waals surface area contributed by atoms with E-state index in [1.807, 2.05) is 61.5 Å². The van der Waals surface area contributed by atoms with Gasteiger partial charge in [-0.25, -0.2) is 0 Å². The van der Waals surface area contributed by atoms with Crippen LogP contribution in [0.25, 0.3) is 22.2 Å². The summed E-state index contributed by atoms with van der Waals surface area (Å²) in [5, 5.41) is 6.63. The van der Waals surface area contributed by atoms with E-state index in [0.29, 0.717) is 28.8 Å². The second-order valence-corrected chi connectivity index (χ2v) is 6.80. The molecule has 1 heterocycles. The minimum absolute atomic E-state index is 0.0643. The van der Waals surface area contributed by atoms with Crippen molar-refractivity contribution in [2.75, 3.05) is 6.54 Å². The quantitative estimate of drug-likeness (QED) is 0.468. The second-order valence-electron chi connectivity index (χ2n) is 6.36. The number of aromatic nitrogens is 2. The van der Waals surface area contributed by atoms with Crippen molar-refractivity contribution >= 4 is 28.3 Å². The maximum Gasteiger partial charge on any atom is 0.254 e. The molecular weight excluding hydrogens is 374 g/mol. The first kappa shape index (κ1) is 18.2. The Morgan fingerprint density at radius 3 is 2.57 bits per heavy atom. The first-order valence-electron chi connectivity index (χ1n) is 9.01. The third kappa shape index (κ3) is 3.62. The average molecular weight is 392 g/mol. The Bertz CT molecular complexity index is 1120. The van der Waals surface area contributed by atoms with Crippen LogP contribution in [-0.4, -0.2) is 27.5 Å². The van der Waals surface area contributed by atoms with Gasteiger partial charge >= 0.3 is 0 Å². The lowest BCUT2D eigenvalue weighted by Crippen LogP contribution is -2.30. The van der Waals surface area contributed by atoms with E-state index < -0.39 is 0 Å². The fourth-order valence-electron chi connectivity index (χ4n) is 3.11. The van der Waals surface area contributed by atoms with Crippen molar-refractivity contribution < 1.29 is 9.32 Å². The monoisotopic (exact) mass is 391 g/mol. The third-order valence-electron chi connectivity index (χ3n) is 4.59. The molecule has 3 aromatic carbocycles. The first-order valence-corrected chi connectivity index (χ1v) is 9.39. The van der Waals surface area contributed by atoms with Gasteiger partial charge in [-0.05, 0) is 48.0 Å². The lowest BCUT2D eigenvalue weighted by molar-refractivity contribution is 0.0736. The summed E-state index contributed by atoms with van der Waals surface area (Å²) in [5.74, 6) is 0.797. The molecule has 0 aliphatic rings. The van der Waals surface area contributed by atoms with Crippen LogP contribution >= 0.6 is 11.6 Å². The number of nitrogens with zero attached hydrogens (tertiary/aromatic N) is 3. The maximum absolute atomic E-state index is 13.1. The third-order valence-corrected chi connectivity index (χ3v) is 4.84. The van der Waals surface area contributed by atoms with Crippen LogP contribution in [0.2, 0.25) is 5.02 Å². The Morgan fingerprint density at radius 2 is 1.79 bits per heavy atom. The largest absolute Gasteiger partial charge is 0.337 e. The average Bonchev–Trinajstić information content (AvgIpc) is 3.20. The van der Waals surface area contributed by atoms with Gasteiger partial charge in [0.1, 0.15) is 6.54 Å². The predicted molar refractivity (Wildman–Crippen MR) is 109 cm³/mol. The van der Waals surface area contributed by atoms with E-state index in [1.54, 1.807) is 17.0 Å². The summed E-state index contributed by atoms with van der Waals surface area (Å²) < 4.78 is 5.37. The van der Waals surface area contributed by atoms with E-state index in [1.165, 1.54) is 0 Å². The summed E-state index contributed by atoms with van der Waals surface area (Å²) in [6, 6.07) is 20.8. The highest BCUT2D eigenvalue weighted by molar-refractivity contribution is 6.30. The maximum atomic E-state index is 13.1. The van der Waals surface area contributed by atoms with Crippen LogP contribution in [0.5, 0.6) is 0 Å². The summed E-state index contributed by atoms with van der Waals surface area (Å²) in [6.07, 6.45) is 0. The fourth-order valence-corrected chi connectivity index (χ4v) is 3.23. The molecule has 0 aliphatic carbocycles. The predicted octanol–water partition coefficient (Wildman–Crippen LogP) is 5.21. The van der Waals surface area contributed by atoms with Crippen LogP contribution < -0.4 is 0 Å². The lowest BCUT2D eigenvalue weighted by atomic mass is 10.0. The van der Waals surface area contributed by atoms with Gasteiger partial charge in [0.2, 0.25) is 11.7 Å². The lowest BCUT2D eigenvalue weighted by Gasteiger charge is -2.19. The van der Waals surface area contributed by atoms with Crippen LogP contribution in [0, 0.1) is 0 Å². The molecule has 0 N–H and O–H groups in total. The van der Waals surface area contributed by atoms with Crippen molar-refractivity contribution in [2.45, 2.75) is 13.5 Å². The van der Waals surface area contributed by atoms with E-state index in [2.05, 4.69) is 10.1 Å². The Labute approximate surface area is 167 Å². The number of fused-ring (bicyclic) bond motifs is 1. The molecule has 0 radical (unpaired) electrons. The van der Waals surface area contributed by atoms with Crippen molar-refractivity contribution in [3.63, 3.8) is 0 Å². The van der Waals surface area contributed by atoms with Crippen LogP contribution in [0.3, 0.4) is 0 Å². The molecule has 1 aromatic heterocycles. The van der Waals surface area contributed by atoms with Crippen molar-refractivity contribution in [1.29, 1.82) is 0 Å². The van der Waals surface area contributed by atoms with Gasteiger partial charge < -0.3 is 9.42 Å². The molecule has 0 saturated heterocycles. The molecule has 140 valence electrons. The Kier molecular flexibility index (Phi) is 5.08. The number of hydrogen-bond acceptors (Lipinski definition) is 4. The smallest absolute Gasteiger partial charge is 0.254 e. The van der Waals surface area contributed by atoms with Gasteiger partial charge in [0, 0.05) is 22.7 Å². The Hall–Kier alpha value is -3.18. The van der Waals surface area contributed by atoms with Crippen molar-refractivity contribution in [3.05, 3.63) is 83.2 Å². The summed E-state index contributed by atoms with van der Waals surface area (Å²) >= 11 is 5.92. The normalized spacial score (nSPS) is 10.9. The van der Waals surface area contributed by atoms with Crippen LogP contribution in [0.15, 0.2) is 71.3 Å². The van der Waals surface area contributed by atoms with Crippen molar-refractivity contribution in [3.8, 4) is 11.4 Å². The van der Waals surface area contributed by atoms with Crippen LogP contribution in [-0.2, 0) is 6.54 Å². The Morgan fingerprint density at radius 1 is 1.04 bits per heavy atom. The molecule has 0 spiro atoms. The van der Waals surface area contributed by atoms with E-state index >= 15 is 0 Å². The minimum Gasteiger partial charge on any atom is -0.337 e. The van der Waals surface area contributed by atoms with Crippen molar-refractivity contribution in [1.82, 2.24) is 15.0 Å². The number of amides is 1. The summed E-state index contributed by atoms with van der Waals surface area (Å²) in [4.78, 5) is 19.2. The Balaban J connectivity index is 1.58. The number of halogens is 1. The summed E-state index contributed by atoms with van der Waals surface area (Å²) in [6.45, 7) is 2.71. The van der Waals surface area contributed by atoms with Crippen LogP contribution in [0.1, 0.15) is 23.2 Å². The standard InChI is InChI=1S/C22H18ClN3O2/c1-2-26(22(27)19-9-5-7-15-6-3-4-8-18(15)19)14-20-24-21(25-28-20)16-10-12-17(23)13-11-16/h3-13H,2,14H2,1H3. The van der Waals surface area contributed by atoms with E-state index in [-0.39, 0.29) is 12.5 Å². The van der Waals surface area contributed by atoms with E-state index in [9.17, 15) is 4.79 Å². The SMILES string of the molecule is CCN(Cc1nc(-c2ccc(Cl)cc2)no1)C(=O)c1cccc2ccccc12. The number of benzene rings is 3. The molecule has 1 amide bonds. The van der Waals surface area contributed by atoms with Gasteiger partial charge in [-0.2, -0.15) is 4.98 Å². The molecule has 0 saturated carbocycles. The second kappa shape index (κ2) is 7.82. The van der Waals surface area contributed by atoms with Gasteiger partial charge in [0.05, 0.1) is 0 Å². The number of rotatable bonds is 5. The van der Waals surface area contributed by atoms with Gasteiger partial charge in [-0.1, -0.05) is 53.2 Å². The molecule has 0 fully saturated rings. The highest BCUT2D eigenvalue weighted by atomic mass is 35.5. The highest BCUT2D eigenvalue weighted by Crippen LogP contribution is 2.22. The van der Waals surface area contributed by atoms with Gasteiger partial charge in [0.15, 0.2) is 0 Å². The molecule has 0 unspecified atom stereocenters. The minimum atomic E-state index is -0.0643. The van der Waals surface area contributed by atoms with Crippen LogP contribution in [0.4, 0.5) is 0 Å². The molecular formula is C22H18ClN3O2. The zero-order valence-electron chi connectivity index (χ0n) is 15.3. The zero-order chi connectivity index (χ0) is 19.5. The topological polar surface area (TPSA) is 59.2 Å². The summed E-state index contributed by atoms with van der Waals surface area (Å²) in [5.41, 5.74) is 1.47. The molecule has 0 bridgehead atoms. The molecule has 0 atom stereocenters. The number of hydrogen-bond donors (Lipinski definition) is 0. The highest BCUT2D eigenvalue weighted by Gasteiger charge is 2.20. The van der Waals surface area contributed by atoms with Crippen molar-refractivity contribution in [2.24, 2.45) is 0 Å². The molecule has 28 heavy (non-hydrogen) atoms. The molecule has 5 nitrogen and oxygen atoms in total. The molecule has 0 aliphatic heterocycles. The van der Waals surface area contributed by atoms with E-state index in [0.717, 1.165) is 16.3 Å². The number of carbonyl (C=O) groups excluding carboxylic acids is 1. The molecule has 4 rings (SSSR count). The molecule has 4 aromatic rings. The van der Waals surface area contributed by atoms with Gasteiger partial charge in [-0.3, -0.25) is 4.79 Å². The molecule has 6 heteroatoms. The van der Waals surface area contributed by atoms with Gasteiger partial charge in [0.25, 0.3) is 5.91 Å².